The SMILES string of the molecule is CCCn1cncc1CNc1cccc2ccc(C)nc12. The summed E-state index contributed by atoms with van der Waals surface area (Å²) >= 11 is 0. The highest BCUT2D eigenvalue weighted by atomic mass is 15.1. The standard InChI is InChI=1S/C17H20N4/c1-3-9-21-12-18-10-15(21)11-19-16-6-4-5-14-8-7-13(2)20-17(14)16/h4-8,10,12,19H,3,9,11H2,1-2H3. The Morgan fingerprint density at radius 3 is 2.95 bits per heavy atom. The molecule has 2 heterocycles. The smallest absolute Gasteiger partial charge is 0.0948 e. The third kappa shape index (κ3) is 2.89. The fourth-order valence-corrected chi connectivity index (χ4v) is 2.51. The predicted octanol–water partition coefficient (Wildman–Crippen LogP) is 3.76. The van der Waals surface area contributed by atoms with Gasteiger partial charge < -0.3 is 9.88 Å². The van der Waals surface area contributed by atoms with Gasteiger partial charge in [-0.3, -0.25) is 4.98 Å². The van der Waals surface area contributed by atoms with Gasteiger partial charge in [-0.15, -0.1) is 0 Å². The summed E-state index contributed by atoms with van der Waals surface area (Å²) in [4.78, 5) is 8.89. The van der Waals surface area contributed by atoms with E-state index in [4.69, 9.17) is 0 Å². The third-order valence-corrected chi connectivity index (χ3v) is 3.58. The van der Waals surface area contributed by atoms with Gasteiger partial charge in [0.15, 0.2) is 0 Å². The number of hydrogen-bond acceptors (Lipinski definition) is 3. The normalized spacial score (nSPS) is 11.0. The van der Waals surface area contributed by atoms with Gasteiger partial charge in [-0.2, -0.15) is 0 Å². The summed E-state index contributed by atoms with van der Waals surface area (Å²) in [6.45, 7) is 5.96. The van der Waals surface area contributed by atoms with Crippen LogP contribution in [0.25, 0.3) is 10.9 Å². The van der Waals surface area contributed by atoms with Gasteiger partial charge >= 0.3 is 0 Å². The highest BCUT2D eigenvalue weighted by Gasteiger charge is 2.05. The summed E-state index contributed by atoms with van der Waals surface area (Å²) in [5.74, 6) is 0. The second kappa shape index (κ2) is 5.95. The van der Waals surface area contributed by atoms with Crippen LogP contribution in [0.1, 0.15) is 24.7 Å². The molecule has 0 aliphatic carbocycles. The maximum Gasteiger partial charge on any atom is 0.0948 e. The lowest BCUT2D eigenvalue weighted by Gasteiger charge is -2.11. The van der Waals surface area contributed by atoms with Crippen LogP contribution in [0.5, 0.6) is 0 Å². The molecule has 0 saturated heterocycles. The van der Waals surface area contributed by atoms with Crippen molar-refractivity contribution in [1.82, 2.24) is 14.5 Å². The molecule has 0 aliphatic rings. The number of aryl methyl sites for hydroxylation is 2. The fourth-order valence-electron chi connectivity index (χ4n) is 2.51. The zero-order chi connectivity index (χ0) is 14.7. The van der Waals surface area contributed by atoms with Gasteiger partial charge in [0.2, 0.25) is 0 Å². The van der Waals surface area contributed by atoms with Crippen molar-refractivity contribution in [3.8, 4) is 0 Å². The van der Waals surface area contributed by atoms with Crippen molar-refractivity contribution in [2.45, 2.75) is 33.4 Å². The average molecular weight is 280 g/mol. The Morgan fingerprint density at radius 2 is 2.10 bits per heavy atom. The van der Waals surface area contributed by atoms with Gasteiger partial charge in [-0.05, 0) is 25.5 Å². The fraction of sp³-hybridized carbons (Fsp3) is 0.294. The van der Waals surface area contributed by atoms with Crippen molar-refractivity contribution in [2.24, 2.45) is 0 Å². The number of aromatic nitrogens is 3. The van der Waals surface area contributed by atoms with E-state index in [-0.39, 0.29) is 0 Å². The number of para-hydroxylation sites is 1. The Balaban J connectivity index is 1.85. The monoisotopic (exact) mass is 280 g/mol. The molecule has 0 unspecified atom stereocenters. The molecule has 0 amide bonds. The molecular formula is C17H20N4. The first-order valence-electron chi connectivity index (χ1n) is 7.37. The molecule has 0 aliphatic heterocycles. The Morgan fingerprint density at radius 1 is 1.19 bits per heavy atom. The first kappa shape index (κ1) is 13.6. The van der Waals surface area contributed by atoms with Gasteiger partial charge in [-0.25, -0.2) is 4.98 Å². The largest absolute Gasteiger partial charge is 0.378 e. The van der Waals surface area contributed by atoms with Crippen LogP contribution in [0.15, 0.2) is 42.9 Å². The minimum atomic E-state index is 0.759. The third-order valence-electron chi connectivity index (χ3n) is 3.58. The second-order valence-electron chi connectivity index (χ2n) is 5.26. The maximum atomic E-state index is 4.65. The number of rotatable bonds is 5. The molecule has 1 N–H and O–H groups in total. The molecule has 0 spiro atoms. The number of fused-ring (bicyclic) bond motifs is 1. The molecule has 2 aromatic heterocycles. The minimum absolute atomic E-state index is 0.759. The number of imidazole rings is 1. The lowest BCUT2D eigenvalue weighted by molar-refractivity contribution is 0.651. The number of anilines is 1. The summed E-state index contributed by atoms with van der Waals surface area (Å²) in [7, 11) is 0. The van der Waals surface area contributed by atoms with Crippen LogP contribution in [-0.4, -0.2) is 14.5 Å². The summed E-state index contributed by atoms with van der Waals surface area (Å²) < 4.78 is 2.19. The number of nitrogens with one attached hydrogen (secondary N) is 1. The zero-order valence-corrected chi connectivity index (χ0v) is 12.5. The van der Waals surface area contributed by atoms with Crippen LogP contribution in [-0.2, 0) is 13.1 Å². The lowest BCUT2D eigenvalue weighted by atomic mass is 10.1. The molecule has 0 saturated carbocycles. The molecular weight excluding hydrogens is 260 g/mol. The van der Waals surface area contributed by atoms with Crippen LogP contribution < -0.4 is 5.32 Å². The van der Waals surface area contributed by atoms with Crippen LogP contribution >= 0.6 is 0 Å². The van der Waals surface area contributed by atoms with Crippen molar-refractivity contribution >= 4 is 16.6 Å². The van der Waals surface area contributed by atoms with E-state index in [1.807, 2.05) is 25.5 Å². The van der Waals surface area contributed by atoms with E-state index >= 15 is 0 Å². The van der Waals surface area contributed by atoms with Crippen LogP contribution in [0, 0.1) is 6.92 Å². The molecule has 0 atom stereocenters. The van der Waals surface area contributed by atoms with Crippen molar-refractivity contribution in [1.29, 1.82) is 0 Å². The lowest BCUT2D eigenvalue weighted by Crippen LogP contribution is -2.07. The summed E-state index contributed by atoms with van der Waals surface area (Å²) in [5.41, 5.74) is 4.33. The van der Waals surface area contributed by atoms with E-state index in [2.05, 4.69) is 51.0 Å². The molecule has 4 heteroatoms. The maximum absolute atomic E-state index is 4.65. The molecule has 0 bridgehead atoms. The van der Waals surface area contributed by atoms with Gasteiger partial charge in [0.25, 0.3) is 0 Å². The number of hydrogen-bond donors (Lipinski definition) is 1. The van der Waals surface area contributed by atoms with Crippen molar-refractivity contribution < 1.29 is 0 Å². The van der Waals surface area contributed by atoms with E-state index in [1.165, 1.54) is 5.69 Å². The van der Waals surface area contributed by atoms with Crippen molar-refractivity contribution in [3.05, 3.63) is 54.2 Å². The molecule has 3 aromatic rings. The second-order valence-corrected chi connectivity index (χ2v) is 5.26. The van der Waals surface area contributed by atoms with Crippen molar-refractivity contribution in [2.75, 3.05) is 5.32 Å². The van der Waals surface area contributed by atoms with E-state index < -0.39 is 0 Å². The Hall–Kier alpha value is -2.36. The Labute approximate surface area is 124 Å². The molecule has 0 radical (unpaired) electrons. The highest BCUT2D eigenvalue weighted by molar-refractivity contribution is 5.90. The van der Waals surface area contributed by atoms with Gasteiger partial charge in [0, 0.05) is 23.8 Å². The molecule has 21 heavy (non-hydrogen) atoms. The summed E-state index contributed by atoms with van der Waals surface area (Å²) in [6, 6.07) is 10.4. The van der Waals surface area contributed by atoms with Gasteiger partial charge in [0.05, 0.1) is 29.8 Å². The zero-order valence-electron chi connectivity index (χ0n) is 12.5. The molecule has 4 nitrogen and oxygen atoms in total. The number of pyridine rings is 1. The van der Waals surface area contributed by atoms with E-state index in [0.29, 0.717) is 0 Å². The first-order valence-corrected chi connectivity index (χ1v) is 7.37. The molecule has 108 valence electrons. The molecule has 0 fully saturated rings. The van der Waals surface area contributed by atoms with Crippen LogP contribution in [0.4, 0.5) is 5.69 Å². The highest BCUT2D eigenvalue weighted by Crippen LogP contribution is 2.22. The van der Waals surface area contributed by atoms with E-state index in [0.717, 1.165) is 41.8 Å². The van der Waals surface area contributed by atoms with E-state index in [1.54, 1.807) is 0 Å². The van der Waals surface area contributed by atoms with Gasteiger partial charge in [0.1, 0.15) is 0 Å². The summed E-state index contributed by atoms with van der Waals surface area (Å²) in [5, 5.41) is 4.65. The quantitative estimate of drug-likeness (QED) is 0.773. The Bertz CT molecular complexity index is 745. The van der Waals surface area contributed by atoms with Crippen LogP contribution in [0.2, 0.25) is 0 Å². The molecule has 1 aromatic carbocycles. The first-order chi connectivity index (χ1) is 10.3. The number of benzene rings is 1. The van der Waals surface area contributed by atoms with E-state index in [9.17, 15) is 0 Å². The summed E-state index contributed by atoms with van der Waals surface area (Å²) in [6.07, 6.45) is 4.93. The predicted molar refractivity (Wildman–Crippen MR) is 86.3 cm³/mol. The topological polar surface area (TPSA) is 42.7 Å². The van der Waals surface area contributed by atoms with Crippen molar-refractivity contribution in [3.63, 3.8) is 0 Å². The minimum Gasteiger partial charge on any atom is -0.378 e. The Kier molecular flexibility index (Phi) is 3.86. The number of nitrogens with zero attached hydrogens (tertiary/aromatic N) is 3. The average Bonchev–Trinajstić information content (AvgIpc) is 2.93. The van der Waals surface area contributed by atoms with Gasteiger partial charge in [-0.1, -0.05) is 25.1 Å². The molecule has 3 rings (SSSR count). The van der Waals surface area contributed by atoms with Crippen LogP contribution in [0.3, 0.4) is 0 Å².